The molecule has 1 saturated heterocycles. The molecule has 1 fully saturated rings. The van der Waals surface area contributed by atoms with Crippen molar-refractivity contribution in [1.29, 1.82) is 0 Å². The Morgan fingerprint density at radius 1 is 1.00 bits per heavy atom. The molecule has 4 rings (SSSR count). The highest BCUT2D eigenvalue weighted by Crippen LogP contribution is 2.31. The normalized spacial score (nSPS) is 16.0. The van der Waals surface area contributed by atoms with Crippen molar-refractivity contribution in [3.8, 4) is 0 Å². The zero-order valence-corrected chi connectivity index (χ0v) is 16.4. The maximum atomic E-state index is 13.3. The first-order chi connectivity index (χ1) is 13.7. The molecule has 0 spiro atoms. The number of carbonyl (C=O) groups excluding carboxylic acids is 2. The predicted molar refractivity (Wildman–Crippen MR) is 112 cm³/mol. The molecule has 5 heteroatoms. The van der Waals surface area contributed by atoms with Crippen molar-refractivity contribution in [2.24, 2.45) is 0 Å². The van der Waals surface area contributed by atoms with Crippen molar-refractivity contribution < 1.29 is 9.59 Å². The summed E-state index contributed by atoms with van der Waals surface area (Å²) in [5, 5.41) is 2.90. The Morgan fingerprint density at radius 3 is 2.50 bits per heavy atom. The summed E-state index contributed by atoms with van der Waals surface area (Å²) >= 11 is 0. The highest BCUT2D eigenvalue weighted by atomic mass is 16.2. The van der Waals surface area contributed by atoms with E-state index in [2.05, 4.69) is 34.5 Å². The van der Waals surface area contributed by atoms with Gasteiger partial charge in [-0.1, -0.05) is 31.2 Å². The second-order valence-electron chi connectivity index (χ2n) is 7.57. The molecule has 1 N–H and O–H groups in total. The van der Waals surface area contributed by atoms with Crippen LogP contribution in [0.5, 0.6) is 0 Å². The Hall–Kier alpha value is -2.82. The number of likely N-dealkylation sites (tertiary alicyclic amines) is 1. The Labute approximate surface area is 166 Å². The summed E-state index contributed by atoms with van der Waals surface area (Å²) in [7, 11) is 0. The van der Waals surface area contributed by atoms with Gasteiger partial charge in [0.2, 0.25) is 5.91 Å². The highest BCUT2D eigenvalue weighted by molar-refractivity contribution is 6.02. The van der Waals surface area contributed by atoms with Gasteiger partial charge >= 0.3 is 0 Å². The molecule has 0 aromatic heterocycles. The molecule has 2 aromatic rings. The third-order valence-corrected chi connectivity index (χ3v) is 5.70. The molecule has 146 valence electrons. The van der Waals surface area contributed by atoms with Crippen LogP contribution in [0, 0.1) is 0 Å². The molecule has 0 bridgehead atoms. The lowest BCUT2D eigenvalue weighted by Gasteiger charge is -2.33. The van der Waals surface area contributed by atoms with E-state index in [0.717, 1.165) is 51.1 Å². The van der Waals surface area contributed by atoms with Crippen LogP contribution in [0.2, 0.25) is 0 Å². The van der Waals surface area contributed by atoms with E-state index in [9.17, 15) is 9.59 Å². The van der Waals surface area contributed by atoms with Gasteiger partial charge in [-0.25, -0.2) is 0 Å². The summed E-state index contributed by atoms with van der Waals surface area (Å²) in [6.45, 7) is 5.14. The Kier molecular flexibility index (Phi) is 5.33. The smallest absolute Gasteiger partial charge is 0.256 e. The van der Waals surface area contributed by atoms with Crippen LogP contribution < -0.4 is 10.2 Å². The molecular formula is C23H27N3O2. The average Bonchev–Trinajstić information content (AvgIpc) is 3.27. The van der Waals surface area contributed by atoms with Crippen LogP contribution in [0.3, 0.4) is 0 Å². The fourth-order valence-corrected chi connectivity index (χ4v) is 4.10. The molecule has 5 nitrogen and oxygen atoms in total. The Bertz CT molecular complexity index is 887. The second-order valence-corrected chi connectivity index (χ2v) is 7.57. The van der Waals surface area contributed by atoms with E-state index in [4.69, 9.17) is 0 Å². The predicted octanol–water partition coefficient (Wildman–Crippen LogP) is 3.83. The zero-order valence-electron chi connectivity index (χ0n) is 16.4. The number of anilines is 2. The summed E-state index contributed by atoms with van der Waals surface area (Å²) < 4.78 is 0. The van der Waals surface area contributed by atoms with Gasteiger partial charge in [0.05, 0.1) is 5.56 Å². The van der Waals surface area contributed by atoms with E-state index >= 15 is 0 Å². The molecular weight excluding hydrogens is 350 g/mol. The van der Waals surface area contributed by atoms with E-state index in [1.54, 1.807) is 0 Å². The molecule has 2 aliphatic heterocycles. The van der Waals surface area contributed by atoms with Crippen LogP contribution in [0.25, 0.3) is 0 Å². The molecule has 0 radical (unpaired) electrons. The van der Waals surface area contributed by atoms with Crippen LogP contribution in [-0.2, 0) is 17.8 Å². The number of hydrogen-bond acceptors (Lipinski definition) is 3. The van der Waals surface area contributed by atoms with Crippen LogP contribution >= 0.6 is 0 Å². The third kappa shape index (κ3) is 3.75. The molecule has 28 heavy (non-hydrogen) atoms. The van der Waals surface area contributed by atoms with Gasteiger partial charge in [0, 0.05) is 44.0 Å². The van der Waals surface area contributed by atoms with Crippen LogP contribution in [-0.4, -0.2) is 36.3 Å². The topological polar surface area (TPSA) is 52.7 Å². The minimum absolute atomic E-state index is 0.0424. The maximum Gasteiger partial charge on any atom is 0.256 e. The number of fused-ring (bicyclic) bond motifs is 1. The highest BCUT2D eigenvalue weighted by Gasteiger charge is 2.26. The quantitative estimate of drug-likeness (QED) is 0.881. The zero-order chi connectivity index (χ0) is 19.5. The minimum Gasteiger partial charge on any atom is -0.366 e. The first kappa shape index (κ1) is 18.5. The lowest BCUT2D eigenvalue weighted by atomic mass is 9.98. The third-order valence-electron chi connectivity index (χ3n) is 5.70. The van der Waals surface area contributed by atoms with Crippen LogP contribution in [0.1, 0.15) is 47.7 Å². The van der Waals surface area contributed by atoms with Crippen molar-refractivity contribution in [3.63, 3.8) is 0 Å². The molecule has 2 aliphatic rings. The second kappa shape index (κ2) is 8.05. The number of benzene rings is 2. The molecule has 2 amide bonds. The molecule has 2 heterocycles. The van der Waals surface area contributed by atoms with Crippen molar-refractivity contribution in [3.05, 3.63) is 59.2 Å². The summed E-state index contributed by atoms with van der Waals surface area (Å²) in [6.07, 6.45) is 3.51. The number of amides is 2. The van der Waals surface area contributed by atoms with Crippen molar-refractivity contribution in [2.75, 3.05) is 29.9 Å². The SMILES string of the molecule is CCC(=O)Nc1ccc(N2CCc3ccccc3C2)c(C(=O)N2CCCC2)c1. The van der Waals surface area contributed by atoms with E-state index in [-0.39, 0.29) is 11.8 Å². The van der Waals surface area contributed by atoms with Gasteiger partial charge in [0.25, 0.3) is 5.91 Å². The number of rotatable bonds is 4. The molecule has 0 saturated carbocycles. The fraction of sp³-hybridized carbons (Fsp3) is 0.391. The van der Waals surface area contributed by atoms with Crippen molar-refractivity contribution in [1.82, 2.24) is 4.90 Å². The number of carbonyl (C=O) groups is 2. The molecule has 0 unspecified atom stereocenters. The van der Waals surface area contributed by atoms with Gasteiger partial charge in [-0.2, -0.15) is 0 Å². The summed E-state index contributed by atoms with van der Waals surface area (Å²) in [5.41, 5.74) is 5.04. The maximum absolute atomic E-state index is 13.3. The lowest BCUT2D eigenvalue weighted by Crippen LogP contribution is -2.34. The van der Waals surface area contributed by atoms with Crippen molar-refractivity contribution in [2.45, 2.75) is 39.2 Å². The summed E-state index contributed by atoms with van der Waals surface area (Å²) in [4.78, 5) is 29.3. The van der Waals surface area contributed by atoms with Gasteiger partial charge in [-0.15, -0.1) is 0 Å². The monoisotopic (exact) mass is 377 g/mol. The molecule has 0 aliphatic carbocycles. The van der Waals surface area contributed by atoms with Gasteiger partial charge < -0.3 is 15.1 Å². The number of hydrogen-bond donors (Lipinski definition) is 1. The molecule has 2 aromatic carbocycles. The van der Waals surface area contributed by atoms with Crippen LogP contribution in [0.15, 0.2) is 42.5 Å². The Balaban J connectivity index is 1.67. The fourth-order valence-electron chi connectivity index (χ4n) is 4.10. The minimum atomic E-state index is -0.0424. The standard InChI is InChI=1S/C23H27N3O2/c1-2-22(27)24-19-9-10-21(20(15-19)23(28)25-12-5-6-13-25)26-14-11-17-7-3-4-8-18(17)16-26/h3-4,7-10,15H,2,5-6,11-14,16H2,1H3,(H,24,27). The van der Waals surface area contributed by atoms with E-state index < -0.39 is 0 Å². The first-order valence-electron chi connectivity index (χ1n) is 10.2. The first-order valence-corrected chi connectivity index (χ1v) is 10.2. The van der Waals surface area contributed by atoms with Gasteiger partial charge in [0.1, 0.15) is 0 Å². The average molecular weight is 377 g/mol. The summed E-state index contributed by atoms with van der Waals surface area (Å²) in [6, 6.07) is 14.3. The number of nitrogens with one attached hydrogen (secondary N) is 1. The van der Waals surface area contributed by atoms with E-state index in [1.165, 1.54) is 11.1 Å². The van der Waals surface area contributed by atoms with Crippen LogP contribution in [0.4, 0.5) is 11.4 Å². The van der Waals surface area contributed by atoms with Gasteiger partial charge in [-0.3, -0.25) is 9.59 Å². The largest absolute Gasteiger partial charge is 0.366 e. The van der Waals surface area contributed by atoms with Gasteiger partial charge in [0.15, 0.2) is 0 Å². The van der Waals surface area contributed by atoms with Gasteiger partial charge in [-0.05, 0) is 48.6 Å². The van der Waals surface area contributed by atoms with E-state index in [0.29, 0.717) is 17.7 Å². The van der Waals surface area contributed by atoms with Crippen molar-refractivity contribution >= 4 is 23.2 Å². The summed E-state index contributed by atoms with van der Waals surface area (Å²) in [5.74, 6) is 0.0261. The van der Waals surface area contributed by atoms with E-state index in [1.807, 2.05) is 30.0 Å². The molecule has 0 atom stereocenters. The number of nitrogens with zero attached hydrogens (tertiary/aromatic N) is 2. The lowest BCUT2D eigenvalue weighted by molar-refractivity contribution is -0.115. The Morgan fingerprint density at radius 2 is 1.75 bits per heavy atom.